The molecule has 1 fully saturated rings. The zero-order valence-electron chi connectivity index (χ0n) is 9.42. The predicted molar refractivity (Wildman–Crippen MR) is 54.9 cm³/mol. The first-order valence-corrected chi connectivity index (χ1v) is 5.42. The molecule has 1 N–H and O–H groups in total. The van der Waals surface area contributed by atoms with Gasteiger partial charge in [0.2, 0.25) is 0 Å². The third-order valence-corrected chi connectivity index (χ3v) is 3.17. The van der Waals surface area contributed by atoms with E-state index in [1.54, 1.807) is 0 Å². The van der Waals surface area contributed by atoms with Crippen LogP contribution in [0.25, 0.3) is 0 Å². The van der Waals surface area contributed by atoms with Crippen molar-refractivity contribution in [3.05, 3.63) is 35.4 Å². The van der Waals surface area contributed by atoms with E-state index >= 15 is 0 Å². The summed E-state index contributed by atoms with van der Waals surface area (Å²) in [7, 11) is 0. The van der Waals surface area contributed by atoms with E-state index in [4.69, 9.17) is 5.11 Å². The second kappa shape index (κ2) is 4.18. The van der Waals surface area contributed by atoms with E-state index < -0.39 is 29.5 Å². The molecule has 1 aliphatic carbocycles. The van der Waals surface area contributed by atoms with Gasteiger partial charge in [0.1, 0.15) is 0 Å². The van der Waals surface area contributed by atoms with Gasteiger partial charge >= 0.3 is 18.1 Å². The van der Waals surface area contributed by atoms with E-state index in [1.807, 2.05) is 0 Å². The minimum Gasteiger partial charge on any atom is -0.481 e. The molecule has 19 heavy (non-hydrogen) atoms. The van der Waals surface area contributed by atoms with Gasteiger partial charge < -0.3 is 5.11 Å². The molecular formula is C12H9F5O2. The molecule has 2 rings (SSSR count). The van der Waals surface area contributed by atoms with Gasteiger partial charge in [-0.05, 0) is 17.9 Å². The fourth-order valence-electron chi connectivity index (χ4n) is 1.94. The summed E-state index contributed by atoms with van der Waals surface area (Å²) in [6, 6.07) is 3.64. The molecule has 0 bridgehead atoms. The van der Waals surface area contributed by atoms with Crippen LogP contribution in [0.2, 0.25) is 0 Å². The molecule has 0 aliphatic heterocycles. The molecule has 0 unspecified atom stereocenters. The van der Waals surface area contributed by atoms with Gasteiger partial charge in [0, 0.05) is 5.56 Å². The van der Waals surface area contributed by atoms with Crippen LogP contribution < -0.4 is 0 Å². The fourth-order valence-corrected chi connectivity index (χ4v) is 1.94. The Bertz CT molecular complexity index is 492. The van der Waals surface area contributed by atoms with Gasteiger partial charge in [-0.15, -0.1) is 0 Å². The second-order valence-corrected chi connectivity index (χ2v) is 4.48. The van der Waals surface area contributed by atoms with Crippen molar-refractivity contribution >= 4 is 5.97 Å². The lowest BCUT2D eigenvalue weighted by Gasteiger charge is -2.19. The van der Waals surface area contributed by atoms with Crippen LogP contribution in [-0.4, -0.2) is 17.3 Å². The predicted octanol–water partition coefficient (Wildman–Crippen LogP) is 3.53. The van der Waals surface area contributed by atoms with Crippen LogP contribution in [0.15, 0.2) is 24.3 Å². The lowest BCUT2D eigenvalue weighted by atomic mass is 10.0. The summed E-state index contributed by atoms with van der Waals surface area (Å²) in [5.74, 6) is -6.77. The summed E-state index contributed by atoms with van der Waals surface area (Å²) < 4.78 is 62.4. The molecule has 2 nitrogen and oxygen atoms in total. The number of carboxylic acids is 1. The molecule has 0 heterocycles. The zero-order valence-corrected chi connectivity index (χ0v) is 9.42. The van der Waals surface area contributed by atoms with Crippen molar-refractivity contribution in [1.82, 2.24) is 0 Å². The van der Waals surface area contributed by atoms with Gasteiger partial charge in [-0.3, -0.25) is 4.79 Å². The van der Waals surface area contributed by atoms with Crippen LogP contribution in [0.3, 0.4) is 0 Å². The zero-order chi connectivity index (χ0) is 14.4. The van der Waals surface area contributed by atoms with Crippen molar-refractivity contribution in [3.63, 3.8) is 0 Å². The number of benzene rings is 1. The topological polar surface area (TPSA) is 37.3 Å². The Morgan fingerprint density at radius 3 is 2.00 bits per heavy atom. The summed E-state index contributed by atoms with van der Waals surface area (Å²) in [4.78, 5) is 10.6. The van der Waals surface area contributed by atoms with Gasteiger partial charge in [-0.2, -0.15) is 22.0 Å². The standard InChI is InChI=1S/C12H9F5O2/c13-11(14,12(15,16)17)7-3-1-6(2-4-7)8-5-9(8)10(18)19/h1-4,8-9H,5H2,(H,18,19)/t8-,9+/m0/s1. The molecule has 0 aromatic heterocycles. The molecule has 1 aromatic carbocycles. The molecule has 0 radical (unpaired) electrons. The molecule has 104 valence electrons. The van der Waals surface area contributed by atoms with Gasteiger partial charge in [-0.25, -0.2) is 0 Å². The third-order valence-electron chi connectivity index (χ3n) is 3.17. The number of carbonyl (C=O) groups is 1. The smallest absolute Gasteiger partial charge is 0.458 e. The fraction of sp³-hybridized carbons (Fsp3) is 0.417. The van der Waals surface area contributed by atoms with Crippen LogP contribution in [0, 0.1) is 5.92 Å². The highest BCUT2D eigenvalue weighted by Crippen LogP contribution is 2.49. The Balaban J connectivity index is 2.18. The Hall–Kier alpha value is -1.66. The molecule has 1 aromatic rings. The Labute approximate surface area is 104 Å². The van der Waals surface area contributed by atoms with Crippen molar-refractivity contribution in [2.45, 2.75) is 24.4 Å². The molecule has 0 saturated heterocycles. The molecule has 7 heteroatoms. The van der Waals surface area contributed by atoms with Crippen molar-refractivity contribution < 1.29 is 31.9 Å². The number of rotatable bonds is 3. The number of carboxylic acid groups (broad SMARTS) is 1. The second-order valence-electron chi connectivity index (χ2n) is 4.48. The average Bonchev–Trinajstić information content (AvgIpc) is 3.07. The summed E-state index contributed by atoms with van der Waals surface area (Å²) in [5.41, 5.74) is -0.676. The van der Waals surface area contributed by atoms with Crippen LogP contribution in [0.1, 0.15) is 23.5 Å². The first kappa shape index (κ1) is 13.8. The van der Waals surface area contributed by atoms with Crippen LogP contribution in [0.4, 0.5) is 22.0 Å². The van der Waals surface area contributed by atoms with Crippen molar-refractivity contribution in [2.75, 3.05) is 0 Å². The van der Waals surface area contributed by atoms with Gasteiger partial charge in [0.25, 0.3) is 0 Å². The highest BCUT2D eigenvalue weighted by Gasteiger charge is 2.58. The highest BCUT2D eigenvalue weighted by atomic mass is 19.4. The summed E-state index contributed by atoms with van der Waals surface area (Å²) >= 11 is 0. The highest BCUT2D eigenvalue weighted by molar-refractivity contribution is 5.75. The maximum Gasteiger partial charge on any atom is 0.458 e. The van der Waals surface area contributed by atoms with Crippen molar-refractivity contribution in [1.29, 1.82) is 0 Å². The Morgan fingerprint density at radius 1 is 1.11 bits per heavy atom. The maximum absolute atomic E-state index is 13.0. The van der Waals surface area contributed by atoms with E-state index in [0.29, 0.717) is 24.1 Å². The average molecular weight is 280 g/mol. The number of hydrogen-bond acceptors (Lipinski definition) is 1. The van der Waals surface area contributed by atoms with Gasteiger partial charge in [0.05, 0.1) is 5.92 Å². The third kappa shape index (κ3) is 2.41. The van der Waals surface area contributed by atoms with Crippen LogP contribution in [-0.2, 0) is 10.7 Å². The lowest BCUT2D eigenvalue weighted by molar-refractivity contribution is -0.289. The van der Waals surface area contributed by atoms with Crippen molar-refractivity contribution in [2.24, 2.45) is 5.92 Å². The number of alkyl halides is 5. The molecule has 1 aliphatic rings. The van der Waals surface area contributed by atoms with E-state index in [-0.39, 0.29) is 5.92 Å². The number of halogens is 5. The van der Waals surface area contributed by atoms with E-state index in [0.717, 1.165) is 12.1 Å². The van der Waals surface area contributed by atoms with Crippen LogP contribution >= 0.6 is 0 Å². The minimum absolute atomic E-state index is 0.300. The van der Waals surface area contributed by atoms with Gasteiger partial charge in [0.15, 0.2) is 0 Å². The first-order valence-electron chi connectivity index (χ1n) is 5.42. The molecule has 0 amide bonds. The van der Waals surface area contributed by atoms with E-state index in [2.05, 4.69) is 0 Å². The molecule has 0 spiro atoms. The van der Waals surface area contributed by atoms with Crippen LogP contribution in [0.5, 0.6) is 0 Å². The largest absolute Gasteiger partial charge is 0.481 e. The van der Waals surface area contributed by atoms with Crippen molar-refractivity contribution in [3.8, 4) is 0 Å². The minimum atomic E-state index is -5.64. The normalized spacial score (nSPS) is 23.2. The maximum atomic E-state index is 13.0. The first-order chi connectivity index (χ1) is 8.64. The molecule has 2 atom stereocenters. The Kier molecular flexibility index (Phi) is 3.03. The van der Waals surface area contributed by atoms with E-state index in [9.17, 15) is 26.7 Å². The van der Waals surface area contributed by atoms with Gasteiger partial charge in [-0.1, -0.05) is 24.3 Å². The molecule has 1 saturated carbocycles. The summed E-state index contributed by atoms with van der Waals surface area (Å²) in [5, 5.41) is 8.71. The Morgan fingerprint density at radius 2 is 1.63 bits per heavy atom. The number of hydrogen-bond donors (Lipinski definition) is 1. The SMILES string of the molecule is O=C(O)[C@@H]1C[C@H]1c1ccc(C(F)(F)C(F)(F)F)cc1. The summed E-state index contributed by atoms with van der Waals surface area (Å²) in [6.45, 7) is 0. The monoisotopic (exact) mass is 280 g/mol. The van der Waals surface area contributed by atoms with E-state index in [1.165, 1.54) is 0 Å². The summed E-state index contributed by atoms with van der Waals surface area (Å²) in [6.07, 6.45) is -5.26. The molecular weight excluding hydrogens is 271 g/mol. The number of aliphatic carboxylic acids is 1. The quantitative estimate of drug-likeness (QED) is 0.860. The lowest BCUT2D eigenvalue weighted by Crippen LogP contribution is -2.33.